The number of aromatic nitrogens is 2. The standard InChI is InChI=1S/C30H36N6O4S/c1-30(2,3)40-29(37)35-16-5-17-36(19-18-35)41(38,39)25-12-10-24(11-13-25)34-28-32-20-22(21-33-28)8-9-23-6-4-7-27-26(23)14-15-31-27/h4,6-13,20-21,31H,5,14-19H2,1-3H3,(H,32,33,34)/b9-8+. The van der Waals surface area contributed by atoms with Crippen LogP contribution in [0.15, 0.2) is 59.8 Å². The number of hydrogen-bond donors (Lipinski definition) is 2. The first kappa shape index (κ1) is 28.6. The Kier molecular flexibility index (Phi) is 8.27. The number of amides is 1. The lowest BCUT2D eigenvalue weighted by Crippen LogP contribution is -2.40. The quantitative estimate of drug-likeness (QED) is 0.422. The molecule has 11 heteroatoms. The molecular weight excluding hydrogens is 540 g/mol. The van der Waals surface area contributed by atoms with Crippen molar-refractivity contribution < 1.29 is 17.9 Å². The molecule has 2 aliphatic heterocycles. The van der Waals surface area contributed by atoms with Crippen molar-refractivity contribution in [1.29, 1.82) is 0 Å². The molecule has 0 aliphatic carbocycles. The van der Waals surface area contributed by atoms with Crippen LogP contribution in [-0.2, 0) is 21.2 Å². The minimum Gasteiger partial charge on any atom is -0.444 e. The van der Waals surface area contributed by atoms with Crippen molar-refractivity contribution in [2.45, 2.75) is 44.1 Å². The molecule has 1 saturated heterocycles. The van der Waals surface area contributed by atoms with Crippen molar-refractivity contribution >= 4 is 45.6 Å². The number of nitrogens with one attached hydrogen (secondary N) is 2. The van der Waals surface area contributed by atoms with E-state index in [1.807, 2.05) is 32.9 Å². The summed E-state index contributed by atoms with van der Waals surface area (Å²) >= 11 is 0. The number of carbonyl (C=O) groups is 1. The van der Waals surface area contributed by atoms with E-state index >= 15 is 0 Å². The van der Waals surface area contributed by atoms with Gasteiger partial charge >= 0.3 is 6.09 Å². The summed E-state index contributed by atoms with van der Waals surface area (Å²) in [6.45, 7) is 7.67. The largest absolute Gasteiger partial charge is 0.444 e. The molecule has 0 bridgehead atoms. The molecule has 1 aromatic heterocycles. The normalized spacial score (nSPS) is 16.2. The summed E-state index contributed by atoms with van der Waals surface area (Å²) in [6, 6.07) is 12.8. The zero-order valence-corrected chi connectivity index (χ0v) is 24.4. The molecule has 216 valence electrons. The van der Waals surface area contributed by atoms with E-state index in [4.69, 9.17) is 4.74 Å². The molecule has 3 aromatic rings. The van der Waals surface area contributed by atoms with Crippen molar-refractivity contribution in [1.82, 2.24) is 19.2 Å². The first-order valence-corrected chi connectivity index (χ1v) is 15.2. The van der Waals surface area contributed by atoms with Crippen LogP contribution in [0.25, 0.3) is 12.2 Å². The summed E-state index contributed by atoms with van der Waals surface area (Å²) in [7, 11) is -3.71. The summed E-state index contributed by atoms with van der Waals surface area (Å²) in [5.41, 5.74) is 4.65. The van der Waals surface area contributed by atoms with E-state index in [-0.39, 0.29) is 18.0 Å². The minimum atomic E-state index is -3.71. The topological polar surface area (TPSA) is 117 Å². The van der Waals surface area contributed by atoms with Gasteiger partial charge in [-0.2, -0.15) is 4.31 Å². The maximum Gasteiger partial charge on any atom is 0.410 e. The second-order valence-electron chi connectivity index (χ2n) is 11.1. The Morgan fingerprint density at radius 2 is 1.76 bits per heavy atom. The second kappa shape index (κ2) is 11.9. The fourth-order valence-electron chi connectivity index (χ4n) is 4.83. The molecule has 0 spiro atoms. The molecule has 0 radical (unpaired) electrons. The Labute approximate surface area is 241 Å². The zero-order chi connectivity index (χ0) is 29.0. The van der Waals surface area contributed by atoms with Crippen LogP contribution in [0.5, 0.6) is 0 Å². The zero-order valence-electron chi connectivity index (χ0n) is 23.6. The molecule has 5 rings (SSSR count). The maximum atomic E-state index is 13.3. The highest BCUT2D eigenvalue weighted by atomic mass is 32.2. The minimum absolute atomic E-state index is 0.192. The van der Waals surface area contributed by atoms with Crippen molar-refractivity contribution in [2.75, 3.05) is 43.4 Å². The average molecular weight is 577 g/mol. The molecule has 2 N–H and O–H groups in total. The van der Waals surface area contributed by atoms with Gasteiger partial charge in [0, 0.05) is 62.1 Å². The summed E-state index contributed by atoms with van der Waals surface area (Å²) in [5, 5.41) is 6.51. The fraction of sp³-hybridized carbons (Fsp3) is 0.367. The number of sulfonamides is 1. The van der Waals surface area contributed by atoms with E-state index in [1.165, 1.54) is 21.1 Å². The molecule has 0 saturated carbocycles. The van der Waals surface area contributed by atoms with Gasteiger partial charge in [0.25, 0.3) is 0 Å². The van der Waals surface area contributed by atoms with Crippen LogP contribution in [0.4, 0.5) is 22.1 Å². The molecule has 10 nitrogen and oxygen atoms in total. The van der Waals surface area contributed by atoms with Crippen LogP contribution in [0, 0.1) is 0 Å². The Bertz CT molecular complexity index is 1520. The number of carbonyl (C=O) groups excluding carboxylic acids is 1. The number of anilines is 3. The summed E-state index contributed by atoms with van der Waals surface area (Å²) in [6.07, 6.45) is 8.68. The van der Waals surface area contributed by atoms with E-state index in [0.717, 1.165) is 18.5 Å². The Balaban J connectivity index is 1.18. The lowest BCUT2D eigenvalue weighted by atomic mass is 10.0. The van der Waals surface area contributed by atoms with Gasteiger partial charge in [-0.15, -0.1) is 0 Å². The van der Waals surface area contributed by atoms with E-state index in [9.17, 15) is 13.2 Å². The SMILES string of the molecule is CC(C)(C)OC(=O)N1CCCN(S(=O)(=O)c2ccc(Nc3ncc(/C=C/c4cccc5c4CCN5)cn3)cc2)CC1. The monoisotopic (exact) mass is 576 g/mol. The Morgan fingerprint density at radius 1 is 1.00 bits per heavy atom. The van der Waals surface area contributed by atoms with Gasteiger partial charge in [0.15, 0.2) is 0 Å². The lowest BCUT2D eigenvalue weighted by Gasteiger charge is -2.26. The third kappa shape index (κ3) is 7.04. The highest BCUT2D eigenvalue weighted by Gasteiger charge is 2.30. The molecule has 41 heavy (non-hydrogen) atoms. The average Bonchev–Trinajstić information content (AvgIpc) is 3.28. The van der Waals surface area contributed by atoms with Crippen molar-refractivity contribution in [3.05, 3.63) is 71.5 Å². The van der Waals surface area contributed by atoms with Crippen molar-refractivity contribution in [3.63, 3.8) is 0 Å². The molecular formula is C30H36N6O4S. The van der Waals surface area contributed by atoms with Crippen molar-refractivity contribution in [2.24, 2.45) is 0 Å². The molecule has 1 fully saturated rings. The third-order valence-electron chi connectivity index (χ3n) is 6.88. The van der Waals surface area contributed by atoms with Gasteiger partial charge in [-0.1, -0.05) is 24.3 Å². The second-order valence-corrected chi connectivity index (χ2v) is 13.0. The van der Waals surface area contributed by atoms with Crippen LogP contribution in [-0.4, -0.2) is 72.0 Å². The lowest BCUT2D eigenvalue weighted by molar-refractivity contribution is 0.0260. The first-order chi connectivity index (χ1) is 19.6. The Hall–Kier alpha value is -3.96. The first-order valence-electron chi connectivity index (χ1n) is 13.8. The van der Waals surface area contributed by atoms with Crippen LogP contribution < -0.4 is 10.6 Å². The van der Waals surface area contributed by atoms with Gasteiger partial charge in [0.05, 0.1) is 4.90 Å². The van der Waals surface area contributed by atoms with E-state index < -0.39 is 21.7 Å². The Morgan fingerprint density at radius 3 is 2.49 bits per heavy atom. The van der Waals surface area contributed by atoms with Gasteiger partial charge in [0.1, 0.15) is 5.60 Å². The van der Waals surface area contributed by atoms with Gasteiger partial charge in [-0.05, 0) is 75.1 Å². The van der Waals surface area contributed by atoms with Gasteiger partial charge < -0.3 is 20.3 Å². The number of ether oxygens (including phenoxy) is 1. The smallest absolute Gasteiger partial charge is 0.410 e. The molecule has 2 aromatic carbocycles. The van der Waals surface area contributed by atoms with Gasteiger partial charge in [0.2, 0.25) is 16.0 Å². The van der Waals surface area contributed by atoms with Gasteiger partial charge in [-0.3, -0.25) is 0 Å². The van der Waals surface area contributed by atoms with E-state index in [2.05, 4.69) is 38.8 Å². The third-order valence-corrected chi connectivity index (χ3v) is 8.80. The summed E-state index contributed by atoms with van der Waals surface area (Å²) < 4.78 is 33.5. The van der Waals surface area contributed by atoms with E-state index in [1.54, 1.807) is 41.6 Å². The molecule has 0 unspecified atom stereocenters. The van der Waals surface area contributed by atoms with Crippen LogP contribution in [0.2, 0.25) is 0 Å². The molecule has 2 aliphatic rings. The number of benzene rings is 2. The predicted octanol–water partition coefficient (Wildman–Crippen LogP) is 4.99. The van der Waals surface area contributed by atoms with Crippen molar-refractivity contribution in [3.8, 4) is 0 Å². The molecule has 3 heterocycles. The number of fused-ring (bicyclic) bond motifs is 1. The number of nitrogens with zero attached hydrogens (tertiary/aromatic N) is 4. The van der Waals surface area contributed by atoms with Gasteiger partial charge in [-0.25, -0.2) is 23.2 Å². The highest BCUT2D eigenvalue weighted by Crippen LogP contribution is 2.27. The molecule has 1 amide bonds. The highest BCUT2D eigenvalue weighted by molar-refractivity contribution is 7.89. The van der Waals surface area contributed by atoms with Crippen LogP contribution in [0.3, 0.4) is 0 Å². The maximum absolute atomic E-state index is 13.3. The van der Waals surface area contributed by atoms with E-state index in [0.29, 0.717) is 31.1 Å². The summed E-state index contributed by atoms with van der Waals surface area (Å²) in [4.78, 5) is 23.0. The predicted molar refractivity (Wildman–Crippen MR) is 161 cm³/mol. The number of rotatable bonds is 6. The molecule has 0 atom stereocenters. The van der Waals surface area contributed by atoms with Crippen LogP contribution in [0.1, 0.15) is 43.9 Å². The van der Waals surface area contributed by atoms with Crippen LogP contribution >= 0.6 is 0 Å². The number of hydrogen-bond acceptors (Lipinski definition) is 8. The fourth-order valence-corrected chi connectivity index (χ4v) is 6.30. The summed E-state index contributed by atoms with van der Waals surface area (Å²) in [5.74, 6) is 0.414.